The van der Waals surface area contributed by atoms with Crippen LogP contribution in [0.25, 0.3) is 0 Å². The van der Waals surface area contributed by atoms with Crippen LogP contribution in [0.1, 0.15) is 29.7 Å². The van der Waals surface area contributed by atoms with Crippen molar-refractivity contribution in [1.82, 2.24) is 19.9 Å². The number of amides is 2. The minimum absolute atomic E-state index is 0.0118. The summed E-state index contributed by atoms with van der Waals surface area (Å²) < 4.78 is 21.4. The zero-order chi connectivity index (χ0) is 22.7. The molecule has 0 spiro atoms. The van der Waals surface area contributed by atoms with E-state index in [1.165, 1.54) is 0 Å². The summed E-state index contributed by atoms with van der Waals surface area (Å²) in [6.45, 7) is 3.84. The highest BCUT2D eigenvalue weighted by Crippen LogP contribution is 2.30. The van der Waals surface area contributed by atoms with Crippen molar-refractivity contribution in [1.29, 1.82) is 0 Å². The Balaban J connectivity index is 1.39. The maximum Gasteiger partial charge on any atom is 0.251 e. The van der Waals surface area contributed by atoms with Gasteiger partial charge in [-0.15, -0.1) is 0 Å². The normalized spacial score (nSPS) is 21.2. The molecular formula is C22H28N4O6. The van der Waals surface area contributed by atoms with Gasteiger partial charge < -0.3 is 28.5 Å². The quantitative estimate of drug-likeness (QED) is 0.631. The lowest BCUT2D eigenvalue weighted by Gasteiger charge is -2.34. The van der Waals surface area contributed by atoms with Gasteiger partial charge in [-0.1, -0.05) is 11.2 Å². The van der Waals surface area contributed by atoms with E-state index in [9.17, 15) is 9.59 Å². The van der Waals surface area contributed by atoms with E-state index in [2.05, 4.69) is 10.1 Å². The van der Waals surface area contributed by atoms with E-state index in [1.807, 2.05) is 18.2 Å². The second-order valence-corrected chi connectivity index (χ2v) is 7.98. The van der Waals surface area contributed by atoms with Gasteiger partial charge in [0.25, 0.3) is 5.89 Å². The van der Waals surface area contributed by atoms with Gasteiger partial charge in [0.2, 0.25) is 11.8 Å². The van der Waals surface area contributed by atoms with Crippen molar-refractivity contribution < 1.29 is 28.3 Å². The molecule has 32 heavy (non-hydrogen) atoms. The molecule has 10 nitrogen and oxygen atoms in total. The Morgan fingerprint density at radius 3 is 2.78 bits per heavy atom. The summed E-state index contributed by atoms with van der Waals surface area (Å²) in [5.41, 5.74) is 1.03. The van der Waals surface area contributed by atoms with Crippen LogP contribution >= 0.6 is 0 Å². The first-order valence-corrected chi connectivity index (χ1v) is 10.7. The Kier molecular flexibility index (Phi) is 6.59. The van der Waals surface area contributed by atoms with Gasteiger partial charge in [0.15, 0.2) is 17.3 Å². The molecule has 2 aliphatic heterocycles. The minimum atomic E-state index is -0.423. The van der Waals surface area contributed by atoms with Gasteiger partial charge in [-0.2, -0.15) is 4.98 Å². The average molecular weight is 444 g/mol. The highest BCUT2D eigenvalue weighted by Gasteiger charge is 2.40. The second-order valence-electron chi connectivity index (χ2n) is 7.98. The molecule has 172 valence electrons. The number of benzene rings is 1. The molecule has 2 aromatic rings. The summed E-state index contributed by atoms with van der Waals surface area (Å²) >= 11 is 0. The molecule has 10 heteroatoms. The van der Waals surface area contributed by atoms with E-state index < -0.39 is 12.0 Å². The number of aromatic nitrogens is 2. The monoisotopic (exact) mass is 444 g/mol. The molecule has 2 fully saturated rings. The van der Waals surface area contributed by atoms with Crippen molar-refractivity contribution in [2.45, 2.75) is 25.8 Å². The molecule has 1 aromatic heterocycles. The van der Waals surface area contributed by atoms with Gasteiger partial charge in [-0.3, -0.25) is 9.59 Å². The van der Waals surface area contributed by atoms with Gasteiger partial charge in [-0.05, 0) is 31.0 Å². The molecule has 4 rings (SSSR count). The zero-order valence-electron chi connectivity index (χ0n) is 18.6. The minimum Gasteiger partial charge on any atom is -0.493 e. The van der Waals surface area contributed by atoms with Crippen molar-refractivity contribution in [2.75, 3.05) is 47.1 Å². The number of hydrogen-bond acceptors (Lipinski definition) is 8. The summed E-state index contributed by atoms with van der Waals surface area (Å²) in [4.78, 5) is 33.6. The highest BCUT2D eigenvalue weighted by atomic mass is 16.5. The van der Waals surface area contributed by atoms with Gasteiger partial charge >= 0.3 is 0 Å². The third-order valence-electron chi connectivity index (χ3n) is 5.92. The average Bonchev–Trinajstić information content (AvgIpc) is 3.42. The van der Waals surface area contributed by atoms with Crippen LogP contribution in [0.4, 0.5) is 0 Å². The van der Waals surface area contributed by atoms with Gasteiger partial charge in [0, 0.05) is 26.1 Å². The number of hydrogen-bond donors (Lipinski definition) is 0. The first kappa shape index (κ1) is 22.1. The summed E-state index contributed by atoms with van der Waals surface area (Å²) in [5.74, 6) is 1.72. The van der Waals surface area contributed by atoms with Gasteiger partial charge in [0.1, 0.15) is 6.04 Å². The number of likely N-dealkylation sites (tertiary alicyclic amines) is 1. The molecular weight excluding hydrogens is 416 g/mol. The number of carbonyl (C=O) groups is 2. The molecule has 0 radical (unpaired) electrons. The Morgan fingerprint density at radius 2 is 2.06 bits per heavy atom. The smallest absolute Gasteiger partial charge is 0.251 e. The summed E-state index contributed by atoms with van der Waals surface area (Å²) in [5, 5.41) is 3.82. The van der Waals surface area contributed by atoms with Crippen LogP contribution in [0, 0.1) is 12.8 Å². The molecule has 0 N–H and O–H groups in total. The molecule has 1 aromatic carbocycles. The molecule has 2 saturated heterocycles. The molecule has 0 bridgehead atoms. The predicted molar refractivity (Wildman–Crippen MR) is 112 cm³/mol. The molecule has 2 atom stereocenters. The Bertz CT molecular complexity index is 977. The van der Waals surface area contributed by atoms with Crippen LogP contribution in [-0.4, -0.2) is 78.8 Å². The van der Waals surface area contributed by atoms with Crippen LogP contribution in [-0.2, 0) is 20.7 Å². The molecule has 2 aliphatic rings. The lowest BCUT2D eigenvalue weighted by molar-refractivity contribution is -0.145. The molecule has 2 amide bonds. The summed E-state index contributed by atoms with van der Waals surface area (Å²) in [6.07, 6.45) is 0.867. The zero-order valence-corrected chi connectivity index (χ0v) is 18.6. The van der Waals surface area contributed by atoms with Gasteiger partial charge in [-0.25, -0.2) is 0 Å². The number of nitrogens with zero attached hydrogens (tertiary/aromatic N) is 4. The van der Waals surface area contributed by atoms with Crippen LogP contribution in [0.2, 0.25) is 0 Å². The van der Waals surface area contributed by atoms with E-state index in [0.29, 0.717) is 62.5 Å². The number of carbonyl (C=O) groups excluding carboxylic acids is 2. The van der Waals surface area contributed by atoms with Crippen LogP contribution in [0.3, 0.4) is 0 Å². The van der Waals surface area contributed by atoms with Crippen molar-refractivity contribution in [2.24, 2.45) is 5.92 Å². The van der Waals surface area contributed by atoms with Crippen molar-refractivity contribution in [3.8, 4) is 11.5 Å². The van der Waals surface area contributed by atoms with Gasteiger partial charge in [0.05, 0.1) is 33.4 Å². The Morgan fingerprint density at radius 1 is 1.25 bits per heavy atom. The third kappa shape index (κ3) is 4.55. The van der Waals surface area contributed by atoms with Crippen molar-refractivity contribution >= 4 is 11.8 Å². The SMILES string of the molecule is COc1ccc(CCN2CC(C(=O)N3CCOCC3c3nc(C)no3)CC2=O)cc1OC. The van der Waals surface area contributed by atoms with E-state index in [4.69, 9.17) is 18.7 Å². The van der Waals surface area contributed by atoms with Crippen molar-refractivity contribution in [3.63, 3.8) is 0 Å². The van der Waals surface area contributed by atoms with Crippen LogP contribution in [0.15, 0.2) is 22.7 Å². The maximum absolute atomic E-state index is 13.3. The van der Waals surface area contributed by atoms with Crippen molar-refractivity contribution in [3.05, 3.63) is 35.5 Å². The Labute approximate surface area is 186 Å². The third-order valence-corrected chi connectivity index (χ3v) is 5.92. The number of rotatable bonds is 7. The molecule has 2 unspecified atom stereocenters. The van der Waals surface area contributed by atoms with E-state index in [-0.39, 0.29) is 18.2 Å². The summed E-state index contributed by atoms with van der Waals surface area (Å²) in [7, 11) is 3.19. The molecule has 3 heterocycles. The van der Waals surface area contributed by atoms with Crippen LogP contribution in [0.5, 0.6) is 11.5 Å². The fourth-order valence-electron chi connectivity index (χ4n) is 4.21. The molecule has 0 aliphatic carbocycles. The number of ether oxygens (including phenoxy) is 3. The predicted octanol–water partition coefficient (Wildman–Crippen LogP) is 1.39. The van der Waals surface area contributed by atoms with E-state index in [0.717, 1.165) is 5.56 Å². The maximum atomic E-state index is 13.3. The first-order chi connectivity index (χ1) is 15.5. The van der Waals surface area contributed by atoms with E-state index in [1.54, 1.807) is 30.9 Å². The fraction of sp³-hybridized carbons (Fsp3) is 0.545. The largest absolute Gasteiger partial charge is 0.493 e. The second kappa shape index (κ2) is 9.56. The number of aryl methyl sites for hydroxylation is 1. The van der Waals surface area contributed by atoms with Crippen LogP contribution < -0.4 is 9.47 Å². The standard InChI is InChI=1S/C22H28N4O6/c1-14-23-21(32-24-14)17-13-31-9-8-26(17)22(28)16-11-20(27)25(12-16)7-6-15-4-5-18(29-2)19(10-15)30-3/h4-5,10,16-17H,6-9,11-13H2,1-3H3. The number of methoxy groups -OCH3 is 2. The summed E-state index contributed by atoms with van der Waals surface area (Å²) in [6, 6.07) is 5.29. The number of morpholine rings is 1. The topological polar surface area (TPSA) is 107 Å². The lowest BCUT2D eigenvalue weighted by Crippen LogP contribution is -2.46. The fourth-order valence-corrected chi connectivity index (χ4v) is 4.21. The highest BCUT2D eigenvalue weighted by molar-refractivity contribution is 5.89. The first-order valence-electron chi connectivity index (χ1n) is 10.7. The molecule has 0 saturated carbocycles. The lowest BCUT2D eigenvalue weighted by atomic mass is 10.1. The van der Waals surface area contributed by atoms with E-state index >= 15 is 0 Å². The Hall–Kier alpha value is -3.14.